The minimum absolute atomic E-state index is 0.162. The summed E-state index contributed by atoms with van der Waals surface area (Å²) in [4.78, 5) is 57.2. The van der Waals surface area contributed by atoms with Gasteiger partial charge in [-0.3, -0.25) is 4.79 Å². The van der Waals surface area contributed by atoms with Crippen molar-refractivity contribution in [2.24, 2.45) is 5.41 Å². The maximum absolute atomic E-state index is 14.5. The first-order valence-corrected chi connectivity index (χ1v) is 27.0. The lowest BCUT2D eigenvalue weighted by Gasteiger charge is -2.66. The van der Waals surface area contributed by atoms with Crippen molar-refractivity contribution in [1.29, 1.82) is 0 Å². The van der Waals surface area contributed by atoms with Crippen LogP contribution in [0.5, 0.6) is 0 Å². The fourth-order valence-corrected chi connectivity index (χ4v) is 15.4. The summed E-state index contributed by atoms with van der Waals surface area (Å²) in [6.45, 7) is -2.09. The Balaban J connectivity index is 1.52. The zero-order valence-corrected chi connectivity index (χ0v) is 48.2. The van der Waals surface area contributed by atoms with Crippen LogP contribution in [0.3, 0.4) is 0 Å². The fraction of sp³-hybridized carbons (Fsp3) is 0.353. The minimum atomic E-state index is -6.24. The first kappa shape index (κ1) is 48.3. The van der Waals surface area contributed by atoms with E-state index in [0.29, 0.717) is 14.3 Å². The second kappa shape index (κ2) is 17.7. The van der Waals surface area contributed by atoms with Crippen molar-refractivity contribution < 1.29 is 59.9 Å². The molecule has 2 atom stereocenters. The molecule has 0 saturated heterocycles. The summed E-state index contributed by atoms with van der Waals surface area (Å²) >= 11 is 18.4. The molecule has 11 nitrogen and oxygen atoms in total. The van der Waals surface area contributed by atoms with Gasteiger partial charge in [0.05, 0.1) is 22.1 Å². The highest BCUT2D eigenvalue weighted by atomic mass is 127. The van der Waals surface area contributed by atoms with Crippen LogP contribution in [-0.4, -0.2) is 65.5 Å². The summed E-state index contributed by atoms with van der Waals surface area (Å²) in [6, 6.07) is 10.5. The van der Waals surface area contributed by atoms with E-state index in [9.17, 15) is 40.9 Å². The van der Waals surface area contributed by atoms with Gasteiger partial charge in [-0.2, -0.15) is 8.78 Å². The molecule has 0 radical (unpaired) electrons. The third kappa shape index (κ3) is 9.93. The van der Waals surface area contributed by atoms with Gasteiger partial charge < -0.3 is 23.5 Å². The number of benzene rings is 3. The fourth-order valence-electron chi connectivity index (χ4n) is 8.15. The molecular weight excluding hydrogens is 1800 g/mol. The van der Waals surface area contributed by atoms with Crippen LogP contribution in [-0.2, 0) is 33.9 Å². The van der Waals surface area contributed by atoms with Crippen molar-refractivity contribution in [2.45, 2.75) is 60.6 Å². The van der Waals surface area contributed by atoms with Crippen LogP contribution in [0.4, 0.5) is 8.78 Å². The Morgan fingerprint density at radius 3 is 1.44 bits per heavy atom. The monoisotopic (exact) mass is 1820 g/mol. The van der Waals surface area contributed by atoms with Crippen LogP contribution < -0.4 is 0 Å². The zero-order chi connectivity index (χ0) is 42.3. The molecule has 3 aromatic carbocycles. The Morgan fingerprint density at radius 2 is 1.02 bits per heavy atom. The molecule has 0 amide bonds. The van der Waals surface area contributed by atoms with Gasteiger partial charge in [-0.1, -0.05) is 0 Å². The van der Waals surface area contributed by atoms with E-state index in [4.69, 9.17) is 18.9 Å². The quantitative estimate of drug-likeness (QED) is 0.0624. The first-order chi connectivity index (χ1) is 26.2. The van der Waals surface area contributed by atoms with Crippen LogP contribution in [0, 0.1) is 37.5 Å². The SMILES string of the molecule is O=C(OC12CC3(OC(=O)c4cc(I)cc(I)c4I)CC(OC(=O)c4c(I)ccc(I)c4I)(C1)CC(C(=O)OCC(F)(F)S(=O)(=O)[O-])(C2)C3)c1cc(I)cc(I)c1I. The minimum Gasteiger partial charge on any atom is -0.743 e. The highest BCUT2D eigenvalue weighted by Gasteiger charge is 2.75. The second-order valence-electron chi connectivity index (χ2n) is 13.9. The molecule has 0 aromatic heterocycles. The smallest absolute Gasteiger partial charge is 0.367 e. The van der Waals surface area contributed by atoms with E-state index >= 15 is 0 Å². The molecule has 4 saturated carbocycles. The van der Waals surface area contributed by atoms with Gasteiger partial charge in [-0.05, 0) is 240 Å². The molecule has 4 bridgehead atoms. The van der Waals surface area contributed by atoms with E-state index in [1.54, 1.807) is 18.2 Å². The highest BCUT2D eigenvalue weighted by molar-refractivity contribution is 14.1. The van der Waals surface area contributed by atoms with E-state index in [1.807, 2.05) is 109 Å². The van der Waals surface area contributed by atoms with Crippen molar-refractivity contribution in [3.63, 3.8) is 0 Å². The second-order valence-corrected chi connectivity index (χ2v) is 25.8. The molecule has 0 N–H and O–H groups in total. The average Bonchev–Trinajstić information content (AvgIpc) is 3.06. The molecule has 0 heterocycles. The van der Waals surface area contributed by atoms with Crippen LogP contribution in [0.1, 0.15) is 69.6 Å². The molecule has 2 unspecified atom stereocenters. The van der Waals surface area contributed by atoms with Gasteiger partial charge in [0.25, 0.3) is 0 Å². The number of esters is 4. The van der Waals surface area contributed by atoms with Crippen molar-refractivity contribution >= 4 is 237 Å². The number of carbonyl (C=O) groups is 4. The van der Waals surface area contributed by atoms with Crippen molar-refractivity contribution in [3.8, 4) is 0 Å². The van der Waals surface area contributed by atoms with E-state index in [1.165, 1.54) is 0 Å². The molecule has 0 aliphatic heterocycles. The van der Waals surface area contributed by atoms with Crippen LogP contribution in [0.15, 0.2) is 36.4 Å². The number of rotatable bonds is 10. The first-order valence-electron chi connectivity index (χ1n) is 15.9. The van der Waals surface area contributed by atoms with Gasteiger partial charge >= 0.3 is 29.1 Å². The summed E-state index contributed by atoms with van der Waals surface area (Å²) in [5, 5.41) is -4.97. The summed E-state index contributed by atoms with van der Waals surface area (Å²) in [5.74, 6) is -3.74. The lowest BCUT2D eigenvalue weighted by atomic mass is 9.44. The lowest BCUT2D eigenvalue weighted by molar-refractivity contribution is -0.278. The predicted octanol–water partition coefficient (Wildman–Crippen LogP) is 10.3. The van der Waals surface area contributed by atoms with Gasteiger partial charge in [0.2, 0.25) is 0 Å². The topological polar surface area (TPSA) is 162 Å². The maximum atomic E-state index is 14.5. The third-order valence-electron chi connectivity index (χ3n) is 9.69. The summed E-state index contributed by atoms with van der Waals surface area (Å²) < 4.78 is 93.4. The number of ether oxygens (including phenoxy) is 4. The predicted molar refractivity (Wildman–Crippen MR) is 274 cm³/mol. The Kier molecular flexibility index (Phi) is 15.0. The van der Waals surface area contributed by atoms with Gasteiger partial charge in [-0.25, -0.2) is 22.8 Å². The largest absolute Gasteiger partial charge is 0.743 e. The van der Waals surface area contributed by atoms with Crippen LogP contribution >= 0.6 is 203 Å². The standard InChI is InChI=1S/C34H21F2I9O11S/c35-34(36,57(50,51)52)13-53-29(49)30-7-31(54-26(46)16-3-14(37)5-20(41)23(16)43)10-32(8-30,55-27(47)17-4-15(38)6-21(42)24(17)44)12-33(9-30,11-31)56-28(48)22-18(39)1-2-19(40)25(22)45/h1-6H,7-13H2,(H,50,51,52)/p-1. The van der Waals surface area contributed by atoms with Gasteiger partial charge in [0.15, 0.2) is 16.7 Å². The Morgan fingerprint density at radius 1 is 0.614 bits per heavy atom. The van der Waals surface area contributed by atoms with Crippen LogP contribution in [0.25, 0.3) is 0 Å². The highest BCUT2D eigenvalue weighted by Crippen LogP contribution is 2.68. The zero-order valence-electron chi connectivity index (χ0n) is 28.0. The van der Waals surface area contributed by atoms with E-state index in [2.05, 4.69) is 113 Å². The number of alkyl halides is 2. The summed E-state index contributed by atoms with van der Waals surface area (Å²) in [5.41, 5.74) is -6.48. The van der Waals surface area contributed by atoms with Gasteiger partial charge in [-0.15, -0.1) is 0 Å². The normalized spacial score (nSPS) is 25.2. The molecule has 4 fully saturated rings. The molecule has 4 aliphatic carbocycles. The molecule has 57 heavy (non-hydrogen) atoms. The average molecular weight is 1820 g/mol. The Hall–Kier alpha value is 1.88. The molecule has 3 aromatic rings. The van der Waals surface area contributed by atoms with Crippen molar-refractivity contribution in [1.82, 2.24) is 0 Å². The number of halogens is 11. The molecule has 23 heteroatoms. The van der Waals surface area contributed by atoms with Gasteiger partial charge in [0, 0.05) is 70.7 Å². The number of hydrogen-bond acceptors (Lipinski definition) is 11. The number of hydrogen-bond donors (Lipinski definition) is 0. The molecule has 4 aliphatic rings. The molecule has 0 spiro atoms. The van der Waals surface area contributed by atoms with E-state index < -0.39 is 68.1 Å². The van der Waals surface area contributed by atoms with E-state index in [-0.39, 0.29) is 55.2 Å². The maximum Gasteiger partial charge on any atom is 0.367 e. The van der Waals surface area contributed by atoms with Crippen molar-refractivity contribution in [3.05, 3.63) is 85.2 Å². The van der Waals surface area contributed by atoms with Crippen LogP contribution in [0.2, 0.25) is 0 Å². The van der Waals surface area contributed by atoms with Crippen molar-refractivity contribution in [2.75, 3.05) is 6.61 Å². The molecule has 7 rings (SSSR count). The summed E-state index contributed by atoms with van der Waals surface area (Å²) in [7, 11) is -6.24. The van der Waals surface area contributed by atoms with E-state index in [0.717, 1.165) is 17.9 Å². The molecule has 306 valence electrons. The lowest BCUT2D eigenvalue weighted by Crippen LogP contribution is -2.73. The Bertz CT molecular complexity index is 2290. The molecular formula is C34H20F2I9O11S-. The third-order valence-corrected chi connectivity index (χ3v) is 21.8. The van der Waals surface area contributed by atoms with Gasteiger partial charge in [0.1, 0.15) is 16.8 Å². The Labute approximate surface area is 447 Å². The number of carbonyl (C=O) groups excluding carboxylic acids is 4. The summed E-state index contributed by atoms with van der Waals surface area (Å²) in [6.07, 6.45) is -1.51.